The van der Waals surface area contributed by atoms with Crippen LogP contribution in [0.1, 0.15) is 31.1 Å². The highest BCUT2D eigenvalue weighted by atomic mass is 32.2. The third-order valence-electron chi connectivity index (χ3n) is 3.24. The van der Waals surface area contributed by atoms with E-state index < -0.39 is 10.0 Å². The van der Waals surface area contributed by atoms with Gasteiger partial charge in [-0.1, -0.05) is 17.7 Å². The quantitative estimate of drug-likeness (QED) is 0.892. The zero-order chi connectivity index (χ0) is 15.6. The highest BCUT2D eigenvalue weighted by Gasteiger charge is 2.19. The molecule has 2 N–H and O–H groups in total. The van der Waals surface area contributed by atoms with Crippen LogP contribution in [-0.2, 0) is 16.6 Å². The average Bonchev–Trinajstić information content (AvgIpc) is 2.86. The number of hydrogen-bond donors (Lipinski definition) is 2. The van der Waals surface area contributed by atoms with Gasteiger partial charge in [-0.25, -0.2) is 8.42 Å². The molecule has 2 rings (SSSR count). The van der Waals surface area contributed by atoms with E-state index in [1.165, 1.54) is 6.07 Å². The number of aromatic nitrogens is 1. The van der Waals surface area contributed by atoms with E-state index in [0.717, 1.165) is 5.56 Å². The highest BCUT2D eigenvalue weighted by molar-refractivity contribution is 7.92. The van der Waals surface area contributed by atoms with Crippen LogP contribution in [0.3, 0.4) is 0 Å². The van der Waals surface area contributed by atoms with Crippen molar-refractivity contribution in [3.63, 3.8) is 0 Å². The normalized spacial score (nSPS) is 11.9. The first-order valence-electron chi connectivity index (χ1n) is 6.74. The molecule has 0 saturated carbocycles. The van der Waals surface area contributed by atoms with Gasteiger partial charge in [0.1, 0.15) is 4.90 Å². The van der Waals surface area contributed by atoms with E-state index in [2.05, 4.69) is 4.72 Å². The van der Waals surface area contributed by atoms with Crippen molar-refractivity contribution in [1.82, 2.24) is 4.57 Å². The van der Waals surface area contributed by atoms with E-state index in [4.69, 9.17) is 0 Å². The fraction of sp³-hybridized carbons (Fsp3) is 0.333. The third-order valence-corrected chi connectivity index (χ3v) is 4.59. The second kappa shape index (κ2) is 5.91. The number of benzene rings is 1. The molecule has 114 valence electrons. The molecule has 6 heteroatoms. The summed E-state index contributed by atoms with van der Waals surface area (Å²) < 4.78 is 29.1. The summed E-state index contributed by atoms with van der Waals surface area (Å²) in [7, 11) is -3.65. The number of hydrogen-bond acceptors (Lipinski definition) is 3. The molecule has 2 aromatic rings. The minimum absolute atomic E-state index is 0.0791. The summed E-state index contributed by atoms with van der Waals surface area (Å²) in [5.41, 5.74) is 2.16. The Labute approximate surface area is 125 Å². The van der Waals surface area contributed by atoms with Gasteiger partial charge in [0.25, 0.3) is 10.0 Å². The van der Waals surface area contributed by atoms with Crippen LogP contribution in [0, 0.1) is 6.92 Å². The summed E-state index contributed by atoms with van der Waals surface area (Å²) in [6.07, 6.45) is 1.55. The Kier molecular flexibility index (Phi) is 4.39. The molecule has 0 radical (unpaired) electrons. The lowest BCUT2D eigenvalue weighted by molar-refractivity contribution is 0.268. The minimum atomic E-state index is -3.65. The molecule has 1 aromatic heterocycles. The van der Waals surface area contributed by atoms with E-state index in [0.29, 0.717) is 11.4 Å². The molecule has 0 saturated heterocycles. The van der Waals surface area contributed by atoms with Crippen LogP contribution in [-0.4, -0.2) is 18.1 Å². The lowest BCUT2D eigenvalue weighted by atomic mass is 10.2. The molecule has 0 aliphatic heterocycles. The minimum Gasteiger partial charge on any atom is -0.390 e. The number of nitrogens with one attached hydrogen (secondary N) is 1. The first kappa shape index (κ1) is 15.6. The number of aryl methyl sites for hydroxylation is 1. The number of sulfonamides is 1. The predicted molar refractivity (Wildman–Crippen MR) is 82.7 cm³/mol. The molecule has 0 aliphatic carbocycles. The number of anilines is 1. The Bertz CT molecular complexity index is 716. The van der Waals surface area contributed by atoms with Gasteiger partial charge in [0.05, 0.1) is 6.61 Å². The molecule has 0 aliphatic rings. The fourth-order valence-corrected chi connectivity index (χ4v) is 3.19. The zero-order valence-corrected chi connectivity index (χ0v) is 13.2. The SMILES string of the molecule is Cc1ccc(NS(=O)(=O)c2cc(CO)n(C(C)C)c2)cc1. The molecule has 0 bridgehead atoms. The van der Waals surface area contributed by atoms with Crippen LogP contribution in [0.25, 0.3) is 0 Å². The van der Waals surface area contributed by atoms with Crippen molar-refractivity contribution in [3.05, 3.63) is 47.8 Å². The lowest BCUT2D eigenvalue weighted by Gasteiger charge is -2.10. The van der Waals surface area contributed by atoms with Gasteiger partial charge in [0.2, 0.25) is 0 Å². The molecule has 0 unspecified atom stereocenters. The molecule has 21 heavy (non-hydrogen) atoms. The summed E-state index contributed by atoms with van der Waals surface area (Å²) in [6.45, 7) is 5.61. The summed E-state index contributed by atoms with van der Waals surface area (Å²) >= 11 is 0. The average molecular weight is 308 g/mol. The van der Waals surface area contributed by atoms with Gasteiger partial charge in [-0.3, -0.25) is 4.72 Å². The maximum atomic E-state index is 12.4. The first-order chi connectivity index (χ1) is 9.83. The molecule has 1 heterocycles. The van der Waals surface area contributed by atoms with Gasteiger partial charge < -0.3 is 9.67 Å². The highest BCUT2D eigenvalue weighted by Crippen LogP contribution is 2.21. The van der Waals surface area contributed by atoms with Gasteiger partial charge >= 0.3 is 0 Å². The van der Waals surface area contributed by atoms with Crippen molar-refractivity contribution in [1.29, 1.82) is 0 Å². The van der Waals surface area contributed by atoms with E-state index in [1.807, 2.05) is 32.9 Å². The lowest BCUT2D eigenvalue weighted by Crippen LogP contribution is -2.12. The van der Waals surface area contributed by atoms with E-state index in [-0.39, 0.29) is 17.5 Å². The van der Waals surface area contributed by atoms with Crippen LogP contribution >= 0.6 is 0 Å². The van der Waals surface area contributed by atoms with Crippen LogP contribution in [0.2, 0.25) is 0 Å². The van der Waals surface area contributed by atoms with Crippen LogP contribution in [0.5, 0.6) is 0 Å². The fourth-order valence-electron chi connectivity index (χ4n) is 2.09. The maximum Gasteiger partial charge on any atom is 0.263 e. The zero-order valence-electron chi connectivity index (χ0n) is 12.4. The Balaban J connectivity index is 2.33. The van der Waals surface area contributed by atoms with Crippen molar-refractivity contribution < 1.29 is 13.5 Å². The van der Waals surface area contributed by atoms with E-state index in [1.54, 1.807) is 22.9 Å². The summed E-state index contributed by atoms with van der Waals surface area (Å²) in [4.78, 5) is 0.154. The molecule has 0 atom stereocenters. The van der Waals surface area contributed by atoms with Crippen LogP contribution in [0.15, 0.2) is 41.4 Å². The summed E-state index contributed by atoms with van der Waals surface area (Å²) in [6, 6.07) is 8.71. The Morgan fingerprint density at radius 1 is 1.24 bits per heavy atom. The second-order valence-corrected chi connectivity index (χ2v) is 6.98. The van der Waals surface area contributed by atoms with Crippen LogP contribution < -0.4 is 4.72 Å². The monoisotopic (exact) mass is 308 g/mol. The smallest absolute Gasteiger partial charge is 0.263 e. The number of aliphatic hydroxyl groups excluding tert-OH is 1. The molecular weight excluding hydrogens is 288 g/mol. The molecule has 0 fully saturated rings. The summed E-state index contributed by atoms with van der Waals surface area (Å²) in [5, 5.41) is 9.33. The molecule has 5 nitrogen and oxygen atoms in total. The first-order valence-corrected chi connectivity index (χ1v) is 8.23. The van der Waals surface area contributed by atoms with Gasteiger partial charge in [-0.2, -0.15) is 0 Å². The number of nitrogens with zero attached hydrogens (tertiary/aromatic N) is 1. The maximum absolute atomic E-state index is 12.4. The van der Waals surface area contributed by atoms with Gasteiger partial charge in [0, 0.05) is 23.6 Å². The number of aliphatic hydroxyl groups is 1. The van der Waals surface area contributed by atoms with Crippen molar-refractivity contribution in [3.8, 4) is 0 Å². The van der Waals surface area contributed by atoms with Crippen molar-refractivity contribution >= 4 is 15.7 Å². The Hall–Kier alpha value is -1.79. The molecule has 1 aromatic carbocycles. The largest absolute Gasteiger partial charge is 0.390 e. The van der Waals surface area contributed by atoms with Crippen LogP contribution in [0.4, 0.5) is 5.69 Å². The Morgan fingerprint density at radius 2 is 1.86 bits per heavy atom. The predicted octanol–water partition coefficient (Wildman–Crippen LogP) is 2.67. The van der Waals surface area contributed by atoms with Gasteiger partial charge in [-0.15, -0.1) is 0 Å². The van der Waals surface area contributed by atoms with Gasteiger partial charge in [-0.05, 0) is 39.0 Å². The van der Waals surface area contributed by atoms with Crippen molar-refractivity contribution in [2.75, 3.05) is 4.72 Å². The van der Waals surface area contributed by atoms with E-state index in [9.17, 15) is 13.5 Å². The van der Waals surface area contributed by atoms with Gasteiger partial charge in [0.15, 0.2) is 0 Å². The topological polar surface area (TPSA) is 71.3 Å². The molecule has 0 spiro atoms. The Morgan fingerprint density at radius 3 is 2.33 bits per heavy atom. The standard InChI is InChI=1S/C15H20N2O3S/c1-11(2)17-9-15(8-14(17)10-18)21(19,20)16-13-6-4-12(3)5-7-13/h4-9,11,16,18H,10H2,1-3H3. The van der Waals surface area contributed by atoms with Crippen molar-refractivity contribution in [2.45, 2.75) is 38.3 Å². The van der Waals surface area contributed by atoms with E-state index >= 15 is 0 Å². The molecular formula is C15H20N2O3S. The summed E-state index contributed by atoms with van der Waals surface area (Å²) in [5.74, 6) is 0. The number of rotatable bonds is 5. The van der Waals surface area contributed by atoms with Crippen molar-refractivity contribution in [2.24, 2.45) is 0 Å². The second-order valence-electron chi connectivity index (χ2n) is 5.30. The third kappa shape index (κ3) is 3.46. The molecule has 0 amide bonds.